The Hall–Kier alpha value is -2.54. The molecule has 126 valence electrons. The Kier molecular flexibility index (Phi) is 6.20. The lowest BCUT2D eigenvalue weighted by Gasteiger charge is -2.10. The molecule has 24 heavy (non-hydrogen) atoms. The van der Waals surface area contributed by atoms with Crippen molar-refractivity contribution in [3.8, 4) is 0 Å². The minimum Gasteiger partial charge on any atom is -0.465 e. The van der Waals surface area contributed by atoms with Crippen molar-refractivity contribution in [2.24, 2.45) is 10.9 Å². The predicted octanol–water partition coefficient (Wildman–Crippen LogP) is 2.73. The maximum absolute atomic E-state index is 11.9. The molecule has 0 aliphatic rings. The second-order valence-corrected chi connectivity index (χ2v) is 5.06. The van der Waals surface area contributed by atoms with Crippen LogP contribution in [-0.2, 0) is 19.1 Å². The van der Waals surface area contributed by atoms with Gasteiger partial charge in [0.25, 0.3) is 0 Å². The molecule has 0 aliphatic heterocycles. The van der Waals surface area contributed by atoms with Crippen molar-refractivity contribution in [2.75, 3.05) is 13.2 Å². The molecule has 0 aliphatic carbocycles. The van der Waals surface area contributed by atoms with Gasteiger partial charge in [-0.15, -0.1) is 0 Å². The van der Waals surface area contributed by atoms with E-state index in [1.165, 1.54) is 12.5 Å². The van der Waals surface area contributed by atoms with Crippen LogP contribution in [0.25, 0.3) is 10.9 Å². The highest BCUT2D eigenvalue weighted by Gasteiger charge is 2.27. The first kappa shape index (κ1) is 17.8. The molecule has 0 N–H and O–H groups in total. The Labute approximate surface area is 143 Å². The number of halogens is 1. The van der Waals surface area contributed by atoms with Crippen LogP contribution in [0.1, 0.15) is 13.8 Å². The van der Waals surface area contributed by atoms with Gasteiger partial charge >= 0.3 is 11.9 Å². The summed E-state index contributed by atoms with van der Waals surface area (Å²) >= 11 is 5.98. The zero-order valence-electron chi connectivity index (χ0n) is 13.2. The largest absolute Gasteiger partial charge is 0.465 e. The minimum absolute atomic E-state index is 0.147. The average Bonchev–Trinajstić information content (AvgIpc) is 2.56. The van der Waals surface area contributed by atoms with Gasteiger partial charge in [0.2, 0.25) is 0 Å². The summed E-state index contributed by atoms with van der Waals surface area (Å²) in [4.78, 5) is 36.2. The Morgan fingerprint density at radius 1 is 1.21 bits per heavy atom. The van der Waals surface area contributed by atoms with Crippen molar-refractivity contribution in [2.45, 2.75) is 13.8 Å². The van der Waals surface area contributed by atoms with E-state index in [1.807, 2.05) is 0 Å². The van der Waals surface area contributed by atoms with Crippen molar-refractivity contribution < 1.29 is 19.1 Å². The number of benzene rings is 1. The molecule has 1 aromatic carbocycles. The van der Waals surface area contributed by atoms with Crippen LogP contribution < -0.4 is 0 Å². The van der Waals surface area contributed by atoms with Crippen LogP contribution in [-0.4, -0.2) is 41.3 Å². The molecular weight excluding hydrogens is 334 g/mol. The lowest BCUT2D eigenvalue weighted by atomic mass is 10.1. The fourth-order valence-corrected chi connectivity index (χ4v) is 2.12. The Balaban J connectivity index is 2.36. The number of rotatable bonds is 6. The van der Waals surface area contributed by atoms with Crippen LogP contribution in [0.5, 0.6) is 0 Å². The number of hydrogen-bond acceptors (Lipinski definition) is 7. The average molecular weight is 350 g/mol. The monoisotopic (exact) mass is 349 g/mol. The van der Waals surface area contributed by atoms with Crippen LogP contribution in [0.4, 0.5) is 5.82 Å². The van der Waals surface area contributed by atoms with Crippen LogP contribution in [0.3, 0.4) is 0 Å². The number of carbonyl (C=O) groups excluding carboxylic acids is 2. The third-order valence-electron chi connectivity index (χ3n) is 3.00. The molecular formula is C16H16ClN3O4. The second kappa shape index (κ2) is 8.35. The molecule has 0 bridgehead atoms. The third kappa shape index (κ3) is 4.26. The van der Waals surface area contributed by atoms with Gasteiger partial charge in [0, 0.05) is 16.6 Å². The summed E-state index contributed by atoms with van der Waals surface area (Å²) in [5.74, 6) is -2.41. The maximum atomic E-state index is 11.9. The summed E-state index contributed by atoms with van der Waals surface area (Å²) in [6, 6.07) is 5.09. The van der Waals surface area contributed by atoms with Gasteiger partial charge in [-0.1, -0.05) is 11.6 Å². The molecule has 0 amide bonds. The molecule has 0 fully saturated rings. The van der Waals surface area contributed by atoms with Crippen molar-refractivity contribution in [1.29, 1.82) is 0 Å². The molecule has 1 aromatic heterocycles. The number of aromatic nitrogens is 2. The lowest BCUT2D eigenvalue weighted by molar-refractivity contribution is -0.157. The Bertz CT molecular complexity index is 761. The summed E-state index contributed by atoms with van der Waals surface area (Å²) in [6.07, 6.45) is 2.51. The van der Waals surface area contributed by atoms with Crippen molar-refractivity contribution in [1.82, 2.24) is 9.97 Å². The predicted molar refractivity (Wildman–Crippen MR) is 89.5 cm³/mol. The second-order valence-electron chi connectivity index (χ2n) is 4.62. The number of fused-ring (bicyclic) bond motifs is 1. The topological polar surface area (TPSA) is 90.7 Å². The number of nitrogens with zero attached hydrogens (tertiary/aromatic N) is 3. The molecule has 0 radical (unpaired) electrons. The first-order valence-corrected chi connectivity index (χ1v) is 7.72. The highest BCUT2D eigenvalue weighted by Crippen LogP contribution is 2.25. The molecule has 0 atom stereocenters. The number of ether oxygens (including phenoxy) is 2. The molecule has 2 aromatic rings. The van der Waals surface area contributed by atoms with Crippen molar-refractivity contribution >= 4 is 46.5 Å². The van der Waals surface area contributed by atoms with E-state index in [0.29, 0.717) is 21.7 Å². The molecule has 8 heteroatoms. The number of esters is 2. The lowest BCUT2D eigenvalue weighted by Crippen LogP contribution is -2.29. The molecule has 7 nitrogen and oxygen atoms in total. The smallest absolute Gasteiger partial charge is 0.325 e. The number of hydrogen-bond donors (Lipinski definition) is 0. The molecule has 0 saturated carbocycles. The molecule has 2 rings (SSSR count). The van der Waals surface area contributed by atoms with Gasteiger partial charge in [-0.05, 0) is 32.0 Å². The standard InChI is InChI=1S/C16H16ClN3O4/c1-3-23-15(21)12(16(22)24-4-2)8-18-14-11-7-10(17)5-6-13(11)19-9-20-14/h5-9,12H,3-4H2,1-2H3. The van der Waals surface area contributed by atoms with Crippen LogP contribution in [0.2, 0.25) is 5.02 Å². The molecule has 0 spiro atoms. The SMILES string of the molecule is CCOC(=O)C(C=Nc1ncnc2ccc(Cl)cc12)C(=O)OCC. The van der Waals surface area contributed by atoms with Crippen molar-refractivity contribution in [3.05, 3.63) is 29.5 Å². The number of aliphatic imine (C=N–C) groups is 1. The van der Waals surface area contributed by atoms with Gasteiger partial charge in [0.05, 0.1) is 18.7 Å². The fraction of sp³-hybridized carbons (Fsp3) is 0.312. The number of carbonyl (C=O) groups is 2. The summed E-state index contributed by atoms with van der Waals surface area (Å²) in [6.45, 7) is 3.59. The zero-order chi connectivity index (χ0) is 17.5. The Morgan fingerprint density at radius 2 is 1.88 bits per heavy atom. The van der Waals surface area contributed by atoms with Gasteiger partial charge in [-0.3, -0.25) is 9.59 Å². The minimum atomic E-state index is -1.26. The van der Waals surface area contributed by atoms with E-state index in [-0.39, 0.29) is 13.2 Å². The van der Waals surface area contributed by atoms with Gasteiger partial charge < -0.3 is 9.47 Å². The van der Waals surface area contributed by atoms with Crippen molar-refractivity contribution in [3.63, 3.8) is 0 Å². The summed E-state index contributed by atoms with van der Waals surface area (Å²) in [7, 11) is 0. The Morgan fingerprint density at radius 3 is 2.50 bits per heavy atom. The van der Waals surface area contributed by atoms with E-state index in [9.17, 15) is 9.59 Å². The maximum Gasteiger partial charge on any atom is 0.325 e. The third-order valence-corrected chi connectivity index (χ3v) is 3.24. The van der Waals surface area contributed by atoms with Gasteiger partial charge in [0.1, 0.15) is 6.33 Å². The summed E-state index contributed by atoms with van der Waals surface area (Å²) in [5, 5.41) is 1.11. The van der Waals surface area contributed by atoms with Crippen LogP contribution in [0, 0.1) is 5.92 Å². The van der Waals surface area contributed by atoms with E-state index in [1.54, 1.807) is 32.0 Å². The highest BCUT2D eigenvalue weighted by atomic mass is 35.5. The van der Waals surface area contributed by atoms with E-state index in [0.717, 1.165) is 0 Å². The normalized spacial score (nSPS) is 11.2. The molecule has 1 heterocycles. The summed E-state index contributed by atoms with van der Waals surface area (Å²) in [5.41, 5.74) is 0.644. The van der Waals surface area contributed by atoms with Crippen LogP contribution >= 0.6 is 11.6 Å². The van der Waals surface area contributed by atoms with Gasteiger partial charge in [0.15, 0.2) is 11.7 Å². The molecule has 0 saturated heterocycles. The first-order valence-electron chi connectivity index (χ1n) is 7.34. The van der Waals surface area contributed by atoms with E-state index in [2.05, 4.69) is 15.0 Å². The fourth-order valence-electron chi connectivity index (χ4n) is 1.95. The molecule has 0 unspecified atom stereocenters. The van der Waals surface area contributed by atoms with Crippen LogP contribution in [0.15, 0.2) is 29.5 Å². The van der Waals surface area contributed by atoms with E-state index in [4.69, 9.17) is 21.1 Å². The first-order chi connectivity index (χ1) is 11.6. The summed E-state index contributed by atoms with van der Waals surface area (Å²) < 4.78 is 9.76. The van der Waals surface area contributed by atoms with Gasteiger partial charge in [-0.2, -0.15) is 0 Å². The van der Waals surface area contributed by atoms with E-state index >= 15 is 0 Å². The quantitative estimate of drug-likeness (QED) is 0.452. The highest BCUT2D eigenvalue weighted by molar-refractivity contribution is 6.31. The van der Waals surface area contributed by atoms with E-state index < -0.39 is 17.9 Å². The zero-order valence-corrected chi connectivity index (χ0v) is 14.0. The van der Waals surface area contributed by atoms with Gasteiger partial charge in [-0.25, -0.2) is 15.0 Å².